The number of fused-ring (bicyclic) bond motifs is 1. The van der Waals surface area contributed by atoms with Gasteiger partial charge in [-0.25, -0.2) is 0 Å². The maximum atomic E-state index is 12.6. The molecule has 2 atom stereocenters. The molecule has 7 heteroatoms. The lowest BCUT2D eigenvalue weighted by atomic mass is 10.0. The van der Waals surface area contributed by atoms with Crippen LogP contribution in [0.3, 0.4) is 0 Å². The van der Waals surface area contributed by atoms with Gasteiger partial charge >= 0.3 is 5.97 Å². The monoisotopic (exact) mass is 424 g/mol. The van der Waals surface area contributed by atoms with Gasteiger partial charge in [0.2, 0.25) is 0 Å². The molecule has 2 amide bonds. The fraction of sp³-hybridized carbons (Fsp3) is 0.375. The summed E-state index contributed by atoms with van der Waals surface area (Å²) >= 11 is 0. The summed E-state index contributed by atoms with van der Waals surface area (Å²) in [4.78, 5) is 38.6. The standard InChI is InChI=1S/C24H28N2O5/c1-3-9-19(18-10-5-4-6-11-18)25-24(29)17(2)31-23(28)14-15-26-20-12-7-8-13-21(20)30-16-22(26)27/h4-8,10-13,17,19H,3,9,14-16H2,1-2H3,(H,25,29)/t17-,19-/m1/s1. The van der Waals surface area contributed by atoms with E-state index >= 15 is 0 Å². The molecule has 0 saturated heterocycles. The van der Waals surface area contributed by atoms with Gasteiger partial charge in [0.1, 0.15) is 5.75 Å². The highest BCUT2D eigenvalue weighted by molar-refractivity contribution is 5.98. The summed E-state index contributed by atoms with van der Waals surface area (Å²) in [6, 6.07) is 16.8. The molecule has 0 saturated carbocycles. The van der Waals surface area contributed by atoms with Gasteiger partial charge in [-0.3, -0.25) is 14.4 Å². The van der Waals surface area contributed by atoms with Crippen molar-refractivity contribution in [3.63, 3.8) is 0 Å². The molecule has 31 heavy (non-hydrogen) atoms. The number of hydrogen-bond acceptors (Lipinski definition) is 5. The molecule has 1 heterocycles. The van der Waals surface area contributed by atoms with Crippen LogP contribution >= 0.6 is 0 Å². The molecule has 0 spiro atoms. The quantitative estimate of drug-likeness (QED) is 0.624. The average molecular weight is 424 g/mol. The first-order valence-electron chi connectivity index (χ1n) is 10.6. The van der Waals surface area contributed by atoms with Gasteiger partial charge in [0.25, 0.3) is 11.8 Å². The van der Waals surface area contributed by atoms with Crippen molar-refractivity contribution in [3.8, 4) is 5.75 Å². The van der Waals surface area contributed by atoms with E-state index in [1.807, 2.05) is 36.4 Å². The fourth-order valence-electron chi connectivity index (χ4n) is 3.50. The number of carbonyl (C=O) groups is 3. The van der Waals surface area contributed by atoms with E-state index in [2.05, 4.69) is 12.2 Å². The number of anilines is 1. The molecular weight excluding hydrogens is 396 g/mol. The molecule has 0 fully saturated rings. The number of carbonyl (C=O) groups excluding carboxylic acids is 3. The number of para-hydroxylation sites is 2. The molecule has 1 aliphatic heterocycles. The summed E-state index contributed by atoms with van der Waals surface area (Å²) in [5.74, 6) is -0.497. The van der Waals surface area contributed by atoms with E-state index in [9.17, 15) is 14.4 Å². The molecular formula is C24H28N2O5. The van der Waals surface area contributed by atoms with Gasteiger partial charge in [0, 0.05) is 6.54 Å². The normalized spacial score (nSPS) is 14.8. The molecule has 1 aliphatic rings. The van der Waals surface area contributed by atoms with Crippen LogP contribution in [0.25, 0.3) is 0 Å². The van der Waals surface area contributed by atoms with Crippen LogP contribution in [0.4, 0.5) is 5.69 Å². The van der Waals surface area contributed by atoms with Crippen LogP contribution in [0.2, 0.25) is 0 Å². The molecule has 3 rings (SSSR count). The summed E-state index contributed by atoms with van der Waals surface area (Å²) in [5, 5.41) is 2.97. The Morgan fingerprint density at radius 2 is 1.84 bits per heavy atom. The molecule has 0 radical (unpaired) electrons. The average Bonchev–Trinajstić information content (AvgIpc) is 2.78. The molecule has 2 aromatic carbocycles. The number of rotatable bonds is 9. The fourth-order valence-corrected chi connectivity index (χ4v) is 3.50. The van der Waals surface area contributed by atoms with Crippen molar-refractivity contribution in [1.29, 1.82) is 0 Å². The predicted octanol–water partition coefficient (Wildman–Crippen LogP) is 3.39. The van der Waals surface area contributed by atoms with Crippen molar-refractivity contribution in [2.75, 3.05) is 18.1 Å². The Morgan fingerprint density at radius 3 is 2.58 bits per heavy atom. The van der Waals surface area contributed by atoms with E-state index in [0.29, 0.717) is 11.4 Å². The molecule has 7 nitrogen and oxygen atoms in total. The maximum Gasteiger partial charge on any atom is 0.308 e. The first-order chi connectivity index (χ1) is 15.0. The first-order valence-corrected chi connectivity index (χ1v) is 10.6. The van der Waals surface area contributed by atoms with E-state index in [-0.39, 0.29) is 37.4 Å². The largest absolute Gasteiger partial charge is 0.482 e. The Morgan fingerprint density at radius 1 is 1.13 bits per heavy atom. The zero-order valence-electron chi connectivity index (χ0n) is 17.9. The van der Waals surface area contributed by atoms with Gasteiger partial charge in [-0.2, -0.15) is 0 Å². The van der Waals surface area contributed by atoms with Crippen molar-refractivity contribution in [2.24, 2.45) is 0 Å². The molecule has 164 valence electrons. The van der Waals surface area contributed by atoms with Gasteiger partial charge in [-0.15, -0.1) is 0 Å². The lowest BCUT2D eigenvalue weighted by Gasteiger charge is -2.29. The van der Waals surface area contributed by atoms with Crippen LogP contribution in [-0.2, 0) is 19.1 Å². The van der Waals surface area contributed by atoms with Crippen molar-refractivity contribution in [3.05, 3.63) is 60.2 Å². The Hall–Kier alpha value is -3.35. The highest BCUT2D eigenvalue weighted by Gasteiger charge is 2.27. The number of ether oxygens (including phenoxy) is 2. The molecule has 2 aromatic rings. The zero-order valence-corrected chi connectivity index (χ0v) is 17.9. The van der Waals surface area contributed by atoms with E-state index in [4.69, 9.17) is 9.47 Å². The second kappa shape index (κ2) is 10.6. The minimum Gasteiger partial charge on any atom is -0.482 e. The number of benzene rings is 2. The Balaban J connectivity index is 1.53. The highest BCUT2D eigenvalue weighted by atomic mass is 16.5. The number of nitrogens with zero attached hydrogens (tertiary/aromatic N) is 1. The van der Waals surface area contributed by atoms with Crippen LogP contribution in [0.15, 0.2) is 54.6 Å². The van der Waals surface area contributed by atoms with Gasteiger partial charge in [0.15, 0.2) is 12.7 Å². The van der Waals surface area contributed by atoms with E-state index in [1.165, 1.54) is 4.90 Å². The smallest absolute Gasteiger partial charge is 0.308 e. The number of nitrogens with one attached hydrogen (secondary N) is 1. The minimum absolute atomic E-state index is 0.0191. The van der Waals surface area contributed by atoms with E-state index in [1.54, 1.807) is 25.1 Å². The lowest BCUT2D eigenvalue weighted by molar-refractivity contribution is -0.155. The predicted molar refractivity (Wildman–Crippen MR) is 117 cm³/mol. The van der Waals surface area contributed by atoms with Crippen LogP contribution in [-0.4, -0.2) is 37.0 Å². The van der Waals surface area contributed by atoms with E-state index < -0.39 is 12.1 Å². The van der Waals surface area contributed by atoms with Crippen molar-refractivity contribution in [1.82, 2.24) is 5.32 Å². The van der Waals surface area contributed by atoms with Crippen LogP contribution < -0.4 is 15.0 Å². The van der Waals surface area contributed by atoms with Gasteiger partial charge in [-0.05, 0) is 31.0 Å². The third-order valence-electron chi connectivity index (χ3n) is 5.12. The van der Waals surface area contributed by atoms with Crippen LogP contribution in [0, 0.1) is 0 Å². The summed E-state index contributed by atoms with van der Waals surface area (Å²) in [5.41, 5.74) is 1.64. The zero-order chi connectivity index (χ0) is 22.2. The topological polar surface area (TPSA) is 84.9 Å². The van der Waals surface area contributed by atoms with Gasteiger partial charge < -0.3 is 19.7 Å². The Kier molecular flexibility index (Phi) is 7.65. The second-order valence-electron chi connectivity index (χ2n) is 7.44. The number of hydrogen-bond donors (Lipinski definition) is 1. The lowest BCUT2D eigenvalue weighted by Crippen LogP contribution is -2.41. The van der Waals surface area contributed by atoms with Crippen LogP contribution in [0.1, 0.15) is 44.7 Å². The first kappa shape index (κ1) is 22.3. The molecule has 0 aliphatic carbocycles. The third-order valence-corrected chi connectivity index (χ3v) is 5.12. The van der Waals surface area contributed by atoms with Crippen molar-refractivity contribution < 1.29 is 23.9 Å². The molecule has 1 N–H and O–H groups in total. The molecule has 0 bridgehead atoms. The van der Waals surface area contributed by atoms with Crippen molar-refractivity contribution >= 4 is 23.5 Å². The maximum absolute atomic E-state index is 12.6. The summed E-state index contributed by atoms with van der Waals surface area (Å²) in [6.07, 6.45) is 0.746. The summed E-state index contributed by atoms with van der Waals surface area (Å²) in [6.45, 7) is 3.70. The SMILES string of the molecule is CCC[C@@H](NC(=O)[C@@H](C)OC(=O)CCN1C(=O)COc2ccccc21)c1ccccc1. The number of amides is 2. The Labute approximate surface area is 182 Å². The minimum atomic E-state index is -0.928. The van der Waals surface area contributed by atoms with Crippen molar-refractivity contribution in [2.45, 2.75) is 45.3 Å². The second-order valence-corrected chi connectivity index (χ2v) is 7.44. The molecule has 0 aromatic heterocycles. The van der Waals surface area contributed by atoms with Gasteiger partial charge in [0.05, 0.1) is 18.2 Å². The van der Waals surface area contributed by atoms with E-state index in [0.717, 1.165) is 18.4 Å². The third kappa shape index (κ3) is 5.84. The summed E-state index contributed by atoms with van der Waals surface area (Å²) in [7, 11) is 0. The number of esters is 1. The Bertz CT molecular complexity index is 915. The highest BCUT2D eigenvalue weighted by Crippen LogP contribution is 2.31. The molecule has 0 unspecified atom stereocenters. The van der Waals surface area contributed by atoms with Gasteiger partial charge in [-0.1, -0.05) is 55.8 Å². The van der Waals surface area contributed by atoms with Crippen LogP contribution in [0.5, 0.6) is 5.75 Å². The summed E-state index contributed by atoms with van der Waals surface area (Å²) < 4.78 is 10.7.